The number of thioether (sulfide) groups is 1. The van der Waals surface area contributed by atoms with Crippen LogP contribution in [0.2, 0.25) is 0 Å². The second kappa shape index (κ2) is 7.90. The molecule has 1 aromatic heterocycles. The molecule has 3 rings (SSSR count). The molecule has 3 aromatic rings. The summed E-state index contributed by atoms with van der Waals surface area (Å²) in [6, 6.07) is 12.6. The molecule has 1 unspecified atom stereocenters. The molecule has 27 heavy (non-hydrogen) atoms. The summed E-state index contributed by atoms with van der Waals surface area (Å²) in [5.74, 6) is -0.100. The molecule has 0 saturated heterocycles. The number of fused-ring (bicyclic) bond motifs is 1. The zero-order valence-corrected chi connectivity index (χ0v) is 16.3. The third kappa shape index (κ3) is 4.62. The zero-order chi connectivity index (χ0) is 19.6. The van der Waals surface area contributed by atoms with Crippen LogP contribution in [0.4, 0.5) is 13.2 Å². The largest absolute Gasteiger partial charge is 0.416 e. The Kier molecular flexibility index (Phi) is 5.76. The molecule has 1 heterocycles. The quantitative estimate of drug-likeness (QED) is 0.512. The van der Waals surface area contributed by atoms with Gasteiger partial charge in [-0.05, 0) is 37.3 Å². The number of para-hydroxylation sites is 1. The Balaban J connectivity index is 1.65. The summed E-state index contributed by atoms with van der Waals surface area (Å²) in [5, 5.41) is 0.830. The van der Waals surface area contributed by atoms with Crippen molar-refractivity contribution < 1.29 is 18.0 Å². The number of carbonyl (C=O) groups is 1. The summed E-state index contributed by atoms with van der Waals surface area (Å²) in [7, 11) is 1.69. The number of benzene rings is 2. The van der Waals surface area contributed by atoms with E-state index in [1.54, 1.807) is 18.0 Å². The van der Waals surface area contributed by atoms with Crippen LogP contribution in [0.1, 0.15) is 23.5 Å². The summed E-state index contributed by atoms with van der Waals surface area (Å²) >= 11 is 2.63. The minimum absolute atomic E-state index is 0.0625. The van der Waals surface area contributed by atoms with Crippen LogP contribution < -0.4 is 0 Å². The summed E-state index contributed by atoms with van der Waals surface area (Å²) < 4.78 is 39.4. The summed E-state index contributed by atoms with van der Waals surface area (Å²) in [4.78, 5) is 19.1. The Morgan fingerprint density at radius 3 is 2.67 bits per heavy atom. The maximum Gasteiger partial charge on any atom is 0.416 e. The van der Waals surface area contributed by atoms with Gasteiger partial charge in [-0.2, -0.15) is 13.2 Å². The van der Waals surface area contributed by atoms with Gasteiger partial charge in [-0.1, -0.05) is 18.2 Å². The third-order valence-corrected chi connectivity index (χ3v) is 6.35. The van der Waals surface area contributed by atoms with E-state index < -0.39 is 11.7 Å². The Hall–Kier alpha value is -2.06. The number of thiazole rings is 1. The predicted molar refractivity (Wildman–Crippen MR) is 103 cm³/mol. The van der Waals surface area contributed by atoms with Gasteiger partial charge in [0.2, 0.25) is 5.91 Å². The van der Waals surface area contributed by atoms with E-state index in [9.17, 15) is 18.0 Å². The van der Waals surface area contributed by atoms with Gasteiger partial charge in [0.15, 0.2) is 0 Å². The number of nitrogens with zero attached hydrogens (tertiary/aromatic N) is 2. The number of aromatic nitrogens is 1. The monoisotopic (exact) mass is 410 g/mol. The second-order valence-electron chi connectivity index (χ2n) is 6.01. The van der Waals surface area contributed by atoms with Crippen LogP contribution in [0.15, 0.2) is 53.4 Å². The molecule has 0 bridgehead atoms. The molecular formula is C19H17F3N2OS2. The number of amides is 1. The van der Waals surface area contributed by atoms with E-state index in [1.807, 2.05) is 31.2 Å². The van der Waals surface area contributed by atoms with Gasteiger partial charge in [-0.3, -0.25) is 4.79 Å². The van der Waals surface area contributed by atoms with Crippen molar-refractivity contribution in [3.8, 4) is 0 Å². The second-order valence-corrected chi connectivity index (χ2v) is 8.13. The number of alkyl halides is 3. The highest BCUT2D eigenvalue weighted by Gasteiger charge is 2.30. The molecule has 0 saturated carbocycles. The fraction of sp³-hybridized carbons (Fsp3) is 0.263. The molecule has 0 spiro atoms. The Bertz CT molecular complexity index is 922. The fourth-order valence-electron chi connectivity index (χ4n) is 2.46. The van der Waals surface area contributed by atoms with Crippen LogP contribution in [-0.4, -0.2) is 28.6 Å². The first-order valence-corrected chi connectivity index (χ1v) is 9.97. The minimum atomic E-state index is -4.39. The maximum absolute atomic E-state index is 12.8. The van der Waals surface area contributed by atoms with Crippen molar-refractivity contribution >= 4 is 39.2 Å². The van der Waals surface area contributed by atoms with Crippen molar-refractivity contribution in [2.75, 3.05) is 12.8 Å². The van der Waals surface area contributed by atoms with Crippen LogP contribution in [0, 0.1) is 0 Å². The number of rotatable bonds is 5. The van der Waals surface area contributed by atoms with Crippen LogP contribution in [0.25, 0.3) is 10.2 Å². The average molecular weight is 410 g/mol. The predicted octanol–water partition coefficient (Wildman–Crippen LogP) is 5.63. The molecule has 1 atom stereocenters. The highest BCUT2D eigenvalue weighted by atomic mass is 32.2. The third-order valence-electron chi connectivity index (χ3n) is 4.17. The van der Waals surface area contributed by atoms with Gasteiger partial charge in [0.25, 0.3) is 0 Å². The molecule has 2 aromatic carbocycles. The van der Waals surface area contributed by atoms with E-state index in [-0.39, 0.29) is 17.7 Å². The van der Waals surface area contributed by atoms with E-state index in [0.717, 1.165) is 39.1 Å². The normalized spacial score (nSPS) is 12.9. The first kappa shape index (κ1) is 19.7. The van der Waals surface area contributed by atoms with Crippen LogP contribution in [0.5, 0.6) is 0 Å². The SMILES string of the molecule is CC(c1nc2ccccc2s1)N(C)C(=O)CSc1cccc(C(F)(F)F)c1. The van der Waals surface area contributed by atoms with Gasteiger partial charge < -0.3 is 4.90 Å². The van der Waals surface area contributed by atoms with Gasteiger partial charge in [0, 0.05) is 11.9 Å². The average Bonchev–Trinajstić information content (AvgIpc) is 3.08. The number of hydrogen-bond donors (Lipinski definition) is 0. The molecule has 0 aliphatic rings. The summed E-state index contributed by atoms with van der Waals surface area (Å²) in [6.07, 6.45) is -4.39. The van der Waals surface area contributed by atoms with E-state index in [0.29, 0.717) is 4.90 Å². The molecule has 0 N–H and O–H groups in total. The first-order valence-electron chi connectivity index (χ1n) is 8.17. The van der Waals surface area contributed by atoms with E-state index >= 15 is 0 Å². The molecule has 8 heteroatoms. The van der Waals surface area contributed by atoms with Crippen molar-refractivity contribution in [3.63, 3.8) is 0 Å². The lowest BCUT2D eigenvalue weighted by atomic mass is 10.2. The van der Waals surface area contributed by atoms with Crippen LogP contribution in [0.3, 0.4) is 0 Å². The van der Waals surface area contributed by atoms with E-state index in [4.69, 9.17) is 0 Å². The minimum Gasteiger partial charge on any atom is -0.336 e. The van der Waals surface area contributed by atoms with Crippen molar-refractivity contribution in [2.45, 2.75) is 24.0 Å². The summed E-state index contributed by atoms with van der Waals surface area (Å²) in [5.41, 5.74) is 0.180. The van der Waals surface area contributed by atoms with E-state index in [1.165, 1.54) is 17.4 Å². The number of halogens is 3. The van der Waals surface area contributed by atoms with Gasteiger partial charge in [0.1, 0.15) is 5.01 Å². The molecule has 0 aliphatic carbocycles. The van der Waals surface area contributed by atoms with Gasteiger partial charge in [0.05, 0.1) is 27.6 Å². The Labute approximate surface area is 163 Å². The molecule has 3 nitrogen and oxygen atoms in total. The van der Waals surface area contributed by atoms with Gasteiger partial charge >= 0.3 is 6.18 Å². The topological polar surface area (TPSA) is 33.2 Å². The molecule has 0 aliphatic heterocycles. The molecule has 0 radical (unpaired) electrons. The van der Waals surface area contributed by atoms with Crippen LogP contribution >= 0.6 is 23.1 Å². The molecular weight excluding hydrogens is 393 g/mol. The van der Waals surface area contributed by atoms with Crippen molar-refractivity contribution in [2.24, 2.45) is 0 Å². The Morgan fingerprint density at radius 1 is 1.22 bits per heavy atom. The van der Waals surface area contributed by atoms with Crippen molar-refractivity contribution in [1.29, 1.82) is 0 Å². The fourth-order valence-corrected chi connectivity index (χ4v) is 4.40. The summed E-state index contributed by atoms with van der Waals surface area (Å²) in [6.45, 7) is 1.89. The van der Waals surface area contributed by atoms with Crippen LogP contribution in [-0.2, 0) is 11.0 Å². The van der Waals surface area contributed by atoms with Gasteiger partial charge in [-0.15, -0.1) is 23.1 Å². The smallest absolute Gasteiger partial charge is 0.336 e. The van der Waals surface area contributed by atoms with Crippen molar-refractivity contribution in [1.82, 2.24) is 9.88 Å². The highest BCUT2D eigenvalue weighted by Crippen LogP contribution is 2.33. The number of hydrogen-bond acceptors (Lipinski definition) is 4. The lowest BCUT2D eigenvalue weighted by molar-refractivity contribution is -0.137. The lowest BCUT2D eigenvalue weighted by Crippen LogP contribution is -2.31. The molecule has 142 valence electrons. The Morgan fingerprint density at radius 2 is 1.96 bits per heavy atom. The lowest BCUT2D eigenvalue weighted by Gasteiger charge is -2.23. The maximum atomic E-state index is 12.8. The first-order chi connectivity index (χ1) is 12.8. The highest BCUT2D eigenvalue weighted by molar-refractivity contribution is 8.00. The standard InChI is InChI=1S/C19H17F3N2OS2/c1-12(18-23-15-8-3-4-9-16(15)27-18)24(2)17(25)11-26-14-7-5-6-13(10-14)19(20,21)22/h3-10,12H,11H2,1-2H3. The zero-order valence-electron chi connectivity index (χ0n) is 14.7. The van der Waals surface area contributed by atoms with E-state index in [2.05, 4.69) is 4.98 Å². The van der Waals surface area contributed by atoms with Crippen molar-refractivity contribution in [3.05, 3.63) is 59.1 Å². The molecule has 0 fully saturated rings. The molecule has 1 amide bonds. The number of carbonyl (C=O) groups excluding carboxylic acids is 1. The van der Waals surface area contributed by atoms with Gasteiger partial charge in [-0.25, -0.2) is 4.98 Å².